The molecule has 112 valence electrons. The first-order valence-electron chi connectivity index (χ1n) is 6.88. The van der Waals surface area contributed by atoms with Crippen LogP contribution in [0.25, 0.3) is 10.9 Å². The molecule has 0 aliphatic rings. The molecule has 2 aromatic rings. The van der Waals surface area contributed by atoms with Crippen molar-refractivity contribution in [3.63, 3.8) is 0 Å². The van der Waals surface area contributed by atoms with Gasteiger partial charge < -0.3 is 16.0 Å². The molecule has 6 heteroatoms. The Labute approximate surface area is 124 Å². The summed E-state index contributed by atoms with van der Waals surface area (Å²) in [5.74, 6) is 1.10. The Morgan fingerprint density at radius 2 is 1.90 bits per heavy atom. The zero-order valence-electron chi connectivity index (χ0n) is 12.8. The smallest absolute Gasteiger partial charge is 0.239 e. The summed E-state index contributed by atoms with van der Waals surface area (Å²) < 4.78 is 0. The van der Waals surface area contributed by atoms with Gasteiger partial charge >= 0.3 is 0 Å². The van der Waals surface area contributed by atoms with Gasteiger partial charge in [0.15, 0.2) is 0 Å². The van der Waals surface area contributed by atoms with Crippen LogP contribution in [0.3, 0.4) is 0 Å². The van der Waals surface area contributed by atoms with Gasteiger partial charge in [-0.3, -0.25) is 4.79 Å². The van der Waals surface area contributed by atoms with Crippen molar-refractivity contribution in [2.24, 2.45) is 0 Å². The van der Waals surface area contributed by atoms with Gasteiger partial charge in [-0.1, -0.05) is 12.1 Å². The van der Waals surface area contributed by atoms with E-state index in [4.69, 9.17) is 0 Å². The maximum Gasteiger partial charge on any atom is 0.239 e. The van der Waals surface area contributed by atoms with Gasteiger partial charge in [0.2, 0.25) is 11.9 Å². The summed E-state index contributed by atoms with van der Waals surface area (Å²) >= 11 is 0. The number of nitrogens with zero attached hydrogens (tertiary/aromatic N) is 2. The molecule has 1 aromatic carbocycles. The second-order valence-electron chi connectivity index (χ2n) is 5.81. The number of benzene rings is 1. The molecule has 0 bridgehead atoms. The Kier molecular flexibility index (Phi) is 4.26. The number of hydrogen-bond acceptors (Lipinski definition) is 5. The minimum absolute atomic E-state index is 0.0730. The molecule has 0 fully saturated rings. The summed E-state index contributed by atoms with van der Waals surface area (Å²) in [5, 5.41) is 9.80. The number of aromatic nitrogens is 2. The van der Waals surface area contributed by atoms with E-state index in [1.807, 2.05) is 45.0 Å². The third-order valence-electron chi connectivity index (χ3n) is 2.76. The Bertz CT molecular complexity index is 648. The molecule has 0 saturated heterocycles. The minimum Gasteiger partial charge on any atom is -0.360 e. The number of nitrogens with one attached hydrogen (secondary N) is 3. The molecule has 21 heavy (non-hydrogen) atoms. The van der Waals surface area contributed by atoms with Crippen LogP contribution in [0.15, 0.2) is 24.3 Å². The van der Waals surface area contributed by atoms with Crippen molar-refractivity contribution in [1.29, 1.82) is 0 Å². The Morgan fingerprint density at radius 1 is 1.19 bits per heavy atom. The zero-order chi connectivity index (χ0) is 15.5. The lowest BCUT2D eigenvalue weighted by molar-refractivity contribution is -0.120. The maximum atomic E-state index is 11.9. The first kappa shape index (κ1) is 15.0. The van der Waals surface area contributed by atoms with E-state index in [0.717, 1.165) is 10.9 Å². The number of carbonyl (C=O) groups excluding carboxylic acids is 1. The van der Waals surface area contributed by atoms with E-state index >= 15 is 0 Å². The van der Waals surface area contributed by atoms with Crippen molar-refractivity contribution in [3.05, 3.63) is 24.3 Å². The van der Waals surface area contributed by atoms with Crippen molar-refractivity contribution in [1.82, 2.24) is 15.3 Å². The number of fused-ring (bicyclic) bond motifs is 1. The van der Waals surface area contributed by atoms with Crippen LogP contribution in [0.5, 0.6) is 0 Å². The second-order valence-corrected chi connectivity index (χ2v) is 5.81. The normalized spacial score (nSPS) is 11.2. The van der Waals surface area contributed by atoms with Crippen molar-refractivity contribution in [2.45, 2.75) is 26.3 Å². The largest absolute Gasteiger partial charge is 0.360 e. The molecule has 0 unspecified atom stereocenters. The van der Waals surface area contributed by atoms with Crippen molar-refractivity contribution in [3.8, 4) is 0 Å². The lowest BCUT2D eigenvalue weighted by atomic mass is 10.1. The summed E-state index contributed by atoms with van der Waals surface area (Å²) in [7, 11) is 1.76. The van der Waals surface area contributed by atoms with Crippen molar-refractivity contribution >= 4 is 28.6 Å². The molecule has 1 amide bonds. The third kappa shape index (κ3) is 4.05. The van der Waals surface area contributed by atoms with Gasteiger partial charge in [0.1, 0.15) is 5.82 Å². The first-order chi connectivity index (χ1) is 9.89. The number of anilines is 2. The highest BCUT2D eigenvalue weighted by molar-refractivity contribution is 5.91. The molecular weight excluding hydrogens is 266 g/mol. The molecule has 0 radical (unpaired) electrons. The molecule has 0 atom stereocenters. The van der Waals surface area contributed by atoms with E-state index in [-0.39, 0.29) is 18.0 Å². The van der Waals surface area contributed by atoms with E-state index in [1.165, 1.54) is 0 Å². The maximum absolute atomic E-state index is 11.9. The quantitative estimate of drug-likeness (QED) is 0.801. The fourth-order valence-corrected chi connectivity index (χ4v) is 1.95. The summed E-state index contributed by atoms with van der Waals surface area (Å²) in [6, 6.07) is 7.69. The Hall–Kier alpha value is -2.37. The van der Waals surface area contributed by atoms with Crippen LogP contribution in [0, 0.1) is 0 Å². The van der Waals surface area contributed by atoms with Gasteiger partial charge in [-0.05, 0) is 32.9 Å². The number of carbonyl (C=O) groups is 1. The SMILES string of the molecule is CNc1nc(NCC(=O)NC(C)(C)C)c2ccccc2n1. The van der Waals surface area contributed by atoms with Gasteiger partial charge in [0, 0.05) is 18.0 Å². The molecule has 0 aliphatic carbocycles. The molecule has 2 rings (SSSR count). The predicted octanol–water partition coefficient (Wildman–Crippen LogP) is 2.00. The molecule has 3 N–H and O–H groups in total. The molecule has 0 aliphatic heterocycles. The van der Waals surface area contributed by atoms with E-state index in [1.54, 1.807) is 7.05 Å². The fourth-order valence-electron chi connectivity index (χ4n) is 1.95. The van der Waals surface area contributed by atoms with Crippen LogP contribution in [0.4, 0.5) is 11.8 Å². The van der Waals surface area contributed by atoms with E-state index in [9.17, 15) is 4.79 Å². The highest BCUT2D eigenvalue weighted by atomic mass is 16.2. The van der Waals surface area contributed by atoms with Gasteiger partial charge in [0.05, 0.1) is 12.1 Å². The van der Waals surface area contributed by atoms with Gasteiger partial charge in [-0.15, -0.1) is 0 Å². The number of amides is 1. The zero-order valence-corrected chi connectivity index (χ0v) is 12.8. The van der Waals surface area contributed by atoms with E-state index < -0.39 is 0 Å². The lowest BCUT2D eigenvalue weighted by Crippen LogP contribution is -2.43. The monoisotopic (exact) mass is 287 g/mol. The number of hydrogen-bond donors (Lipinski definition) is 3. The van der Waals surface area contributed by atoms with Crippen LogP contribution in [0.2, 0.25) is 0 Å². The van der Waals surface area contributed by atoms with Gasteiger partial charge in [-0.25, -0.2) is 4.98 Å². The molecule has 1 heterocycles. The first-order valence-corrected chi connectivity index (χ1v) is 6.88. The second kappa shape index (κ2) is 5.95. The summed E-state index contributed by atoms with van der Waals surface area (Å²) in [6.07, 6.45) is 0. The highest BCUT2D eigenvalue weighted by Crippen LogP contribution is 2.21. The van der Waals surface area contributed by atoms with Gasteiger partial charge in [-0.2, -0.15) is 4.98 Å². The third-order valence-corrected chi connectivity index (χ3v) is 2.76. The molecule has 0 spiro atoms. The summed E-state index contributed by atoms with van der Waals surface area (Å²) in [6.45, 7) is 6.01. The fraction of sp³-hybridized carbons (Fsp3) is 0.400. The van der Waals surface area contributed by atoms with Crippen LogP contribution in [-0.4, -0.2) is 35.0 Å². The Morgan fingerprint density at radius 3 is 2.57 bits per heavy atom. The van der Waals surface area contributed by atoms with Crippen molar-refractivity contribution in [2.75, 3.05) is 24.2 Å². The molecule has 6 nitrogen and oxygen atoms in total. The number of rotatable bonds is 4. The average Bonchev–Trinajstić information content (AvgIpc) is 2.42. The lowest BCUT2D eigenvalue weighted by Gasteiger charge is -2.20. The minimum atomic E-state index is -0.247. The van der Waals surface area contributed by atoms with Crippen LogP contribution in [-0.2, 0) is 4.79 Å². The average molecular weight is 287 g/mol. The molecular formula is C15H21N5O. The summed E-state index contributed by atoms with van der Waals surface area (Å²) in [4.78, 5) is 20.6. The van der Waals surface area contributed by atoms with E-state index in [2.05, 4.69) is 25.9 Å². The molecule has 0 saturated carbocycles. The molecule has 1 aromatic heterocycles. The van der Waals surface area contributed by atoms with Gasteiger partial charge in [0.25, 0.3) is 0 Å². The van der Waals surface area contributed by atoms with Crippen LogP contribution in [0.1, 0.15) is 20.8 Å². The topological polar surface area (TPSA) is 78.9 Å². The standard InChI is InChI=1S/C15H21N5O/c1-15(2,3)20-12(21)9-17-13-10-7-5-6-8-11(10)18-14(16-4)19-13/h5-8H,9H2,1-4H3,(H,20,21)(H2,16,17,18,19). The van der Waals surface area contributed by atoms with Crippen LogP contribution >= 0.6 is 0 Å². The van der Waals surface area contributed by atoms with E-state index in [0.29, 0.717) is 11.8 Å². The highest BCUT2D eigenvalue weighted by Gasteiger charge is 2.14. The van der Waals surface area contributed by atoms with Crippen molar-refractivity contribution < 1.29 is 4.79 Å². The summed E-state index contributed by atoms with van der Waals surface area (Å²) in [5.41, 5.74) is 0.582. The number of para-hydroxylation sites is 1. The predicted molar refractivity (Wildman–Crippen MR) is 85.5 cm³/mol. The Balaban J connectivity index is 2.19. The van der Waals surface area contributed by atoms with Crippen LogP contribution < -0.4 is 16.0 Å².